The van der Waals surface area contributed by atoms with Crippen LogP contribution in [-0.2, 0) is 30.4 Å². The first kappa shape index (κ1) is 28.5. The van der Waals surface area contributed by atoms with E-state index in [-0.39, 0.29) is 12.3 Å². The van der Waals surface area contributed by atoms with Crippen LogP contribution in [0.5, 0.6) is 0 Å². The van der Waals surface area contributed by atoms with Crippen molar-refractivity contribution in [2.24, 2.45) is 17.4 Å². The van der Waals surface area contributed by atoms with Crippen LogP contribution in [0.4, 0.5) is 0 Å². The van der Waals surface area contributed by atoms with Gasteiger partial charge in [-0.15, -0.1) is 0 Å². The van der Waals surface area contributed by atoms with Gasteiger partial charge in [-0.2, -0.15) is 0 Å². The van der Waals surface area contributed by atoms with E-state index in [4.69, 9.17) is 11.5 Å². The van der Waals surface area contributed by atoms with E-state index in [9.17, 15) is 34.2 Å². The number of aliphatic carboxylic acids is 1. The number of aliphatic hydroxyl groups is 1. The van der Waals surface area contributed by atoms with Crippen molar-refractivity contribution in [2.75, 3.05) is 0 Å². The first-order chi connectivity index (χ1) is 15.8. The van der Waals surface area contributed by atoms with Gasteiger partial charge in [0.25, 0.3) is 0 Å². The highest BCUT2D eigenvalue weighted by Gasteiger charge is 2.33. The number of rotatable bonds is 13. The second-order valence-electron chi connectivity index (χ2n) is 8.32. The van der Waals surface area contributed by atoms with Gasteiger partial charge in [0.2, 0.25) is 23.6 Å². The standard InChI is InChI=1S/C22H33N5O7/c1-11(2)17(24)20(31)25-14(10-16(23)29)19(30)27-18(12(3)28)21(32)26-15(22(33)34)9-13-7-5-4-6-8-13/h4-8,11-12,14-15,17-18,28H,9-10,24H2,1-3H3,(H2,23,29)(H,25,31)(H,26,32)(H,27,30)(H,33,34)/t12-,14+,15+,17+,18+/m1/s1. The quantitative estimate of drug-likeness (QED) is 0.168. The van der Waals surface area contributed by atoms with Gasteiger partial charge in [-0.25, -0.2) is 4.79 Å². The Morgan fingerprint density at radius 1 is 0.882 bits per heavy atom. The summed E-state index contributed by atoms with van der Waals surface area (Å²) in [4.78, 5) is 60.8. The Balaban J connectivity index is 2.98. The topological polar surface area (TPSA) is 214 Å². The highest BCUT2D eigenvalue weighted by atomic mass is 16.4. The van der Waals surface area contributed by atoms with Crippen LogP contribution in [0.15, 0.2) is 30.3 Å². The molecule has 9 N–H and O–H groups in total. The van der Waals surface area contributed by atoms with Crippen LogP contribution in [0.25, 0.3) is 0 Å². The van der Waals surface area contributed by atoms with Crippen LogP contribution in [0.1, 0.15) is 32.8 Å². The molecule has 0 aliphatic rings. The average Bonchev–Trinajstić information content (AvgIpc) is 2.75. The predicted molar refractivity (Wildman–Crippen MR) is 122 cm³/mol. The first-order valence-electron chi connectivity index (χ1n) is 10.7. The van der Waals surface area contributed by atoms with Crippen molar-refractivity contribution >= 4 is 29.6 Å². The zero-order valence-corrected chi connectivity index (χ0v) is 19.4. The average molecular weight is 480 g/mol. The molecule has 0 bridgehead atoms. The van der Waals surface area contributed by atoms with Crippen LogP contribution in [0.2, 0.25) is 0 Å². The Kier molecular flexibility index (Phi) is 11.1. The molecule has 0 heterocycles. The Hall–Kier alpha value is -3.51. The van der Waals surface area contributed by atoms with Crippen molar-refractivity contribution < 1.29 is 34.2 Å². The largest absolute Gasteiger partial charge is 0.480 e. The highest BCUT2D eigenvalue weighted by Crippen LogP contribution is 2.06. The number of nitrogens with one attached hydrogen (secondary N) is 3. The molecule has 188 valence electrons. The lowest BCUT2D eigenvalue weighted by Crippen LogP contribution is -2.60. The van der Waals surface area contributed by atoms with E-state index in [1.807, 2.05) is 0 Å². The fourth-order valence-electron chi connectivity index (χ4n) is 2.95. The molecule has 0 fully saturated rings. The Morgan fingerprint density at radius 3 is 1.91 bits per heavy atom. The fraction of sp³-hybridized carbons (Fsp3) is 0.500. The van der Waals surface area contributed by atoms with Gasteiger partial charge in [0.05, 0.1) is 18.6 Å². The van der Waals surface area contributed by atoms with Gasteiger partial charge in [-0.05, 0) is 18.4 Å². The lowest BCUT2D eigenvalue weighted by Gasteiger charge is -2.26. The molecule has 0 aliphatic heterocycles. The number of amides is 4. The van der Waals surface area contributed by atoms with Crippen LogP contribution in [0.3, 0.4) is 0 Å². The van der Waals surface area contributed by atoms with E-state index in [1.54, 1.807) is 44.2 Å². The molecule has 0 saturated heterocycles. The Labute approximate surface area is 197 Å². The summed E-state index contributed by atoms with van der Waals surface area (Å²) < 4.78 is 0. The summed E-state index contributed by atoms with van der Waals surface area (Å²) in [5.74, 6) is -5.11. The number of carboxylic acids is 1. The minimum Gasteiger partial charge on any atom is -0.480 e. The third kappa shape index (κ3) is 9.16. The molecule has 1 rings (SSSR count). The molecular formula is C22H33N5O7. The minimum atomic E-state index is -1.57. The number of aliphatic hydroxyl groups excluding tert-OH is 1. The predicted octanol–water partition coefficient (Wildman–Crippen LogP) is -1.99. The van der Waals surface area contributed by atoms with E-state index in [2.05, 4.69) is 16.0 Å². The number of carbonyl (C=O) groups is 5. The van der Waals surface area contributed by atoms with Crippen LogP contribution in [0, 0.1) is 5.92 Å². The van der Waals surface area contributed by atoms with Gasteiger partial charge in [-0.1, -0.05) is 44.2 Å². The number of benzene rings is 1. The molecule has 0 radical (unpaired) electrons. The van der Waals surface area contributed by atoms with E-state index >= 15 is 0 Å². The molecule has 0 unspecified atom stereocenters. The van der Waals surface area contributed by atoms with Crippen LogP contribution >= 0.6 is 0 Å². The summed E-state index contributed by atoms with van der Waals surface area (Å²) in [6, 6.07) is 3.24. The summed E-state index contributed by atoms with van der Waals surface area (Å²) in [5, 5.41) is 26.4. The highest BCUT2D eigenvalue weighted by molar-refractivity contribution is 5.96. The lowest BCUT2D eigenvalue weighted by atomic mass is 10.0. The van der Waals surface area contributed by atoms with Crippen molar-refractivity contribution in [1.29, 1.82) is 0 Å². The number of hydrogen-bond donors (Lipinski definition) is 7. The molecule has 12 heteroatoms. The van der Waals surface area contributed by atoms with Gasteiger partial charge in [0.1, 0.15) is 18.1 Å². The molecule has 1 aromatic rings. The molecule has 0 spiro atoms. The Bertz CT molecular complexity index is 876. The van der Waals surface area contributed by atoms with Gasteiger partial charge in [0.15, 0.2) is 0 Å². The summed E-state index contributed by atoms with van der Waals surface area (Å²) in [7, 11) is 0. The van der Waals surface area contributed by atoms with Gasteiger partial charge >= 0.3 is 5.97 Å². The number of carbonyl (C=O) groups excluding carboxylic acids is 4. The maximum atomic E-state index is 12.8. The van der Waals surface area contributed by atoms with E-state index in [0.717, 1.165) is 0 Å². The first-order valence-corrected chi connectivity index (χ1v) is 10.7. The minimum absolute atomic E-state index is 0.0319. The maximum absolute atomic E-state index is 12.8. The molecule has 0 aromatic heterocycles. The molecule has 1 aromatic carbocycles. The van der Waals surface area contributed by atoms with Gasteiger partial charge < -0.3 is 37.6 Å². The van der Waals surface area contributed by atoms with Crippen molar-refractivity contribution in [3.63, 3.8) is 0 Å². The third-order valence-electron chi connectivity index (χ3n) is 5.02. The molecular weight excluding hydrogens is 446 g/mol. The van der Waals surface area contributed by atoms with Crippen LogP contribution in [-0.4, -0.2) is 70.1 Å². The molecule has 0 aliphatic carbocycles. The summed E-state index contributed by atoms with van der Waals surface area (Å²) >= 11 is 0. The Morgan fingerprint density at radius 2 is 1.44 bits per heavy atom. The maximum Gasteiger partial charge on any atom is 0.326 e. The smallest absolute Gasteiger partial charge is 0.326 e. The van der Waals surface area contributed by atoms with Crippen molar-refractivity contribution in [2.45, 2.75) is 63.9 Å². The second kappa shape index (κ2) is 13.3. The number of hydrogen-bond acceptors (Lipinski definition) is 7. The summed E-state index contributed by atoms with van der Waals surface area (Å²) in [5.41, 5.74) is 11.6. The van der Waals surface area contributed by atoms with E-state index in [1.165, 1.54) is 6.92 Å². The third-order valence-corrected chi connectivity index (χ3v) is 5.02. The van der Waals surface area contributed by atoms with E-state index < -0.39 is 66.3 Å². The van der Waals surface area contributed by atoms with Gasteiger partial charge in [-0.3, -0.25) is 19.2 Å². The van der Waals surface area contributed by atoms with Crippen LogP contribution < -0.4 is 27.4 Å². The second-order valence-corrected chi connectivity index (χ2v) is 8.32. The fourth-order valence-corrected chi connectivity index (χ4v) is 2.95. The molecule has 5 atom stereocenters. The molecule has 4 amide bonds. The number of primary amides is 1. The van der Waals surface area contributed by atoms with E-state index in [0.29, 0.717) is 5.56 Å². The van der Waals surface area contributed by atoms with Crippen molar-refractivity contribution in [3.05, 3.63) is 35.9 Å². The van der Waals surface area contributed by atoms with Crippen molar-refractivity contribution in [3.8, 4) is 0 Å². The zero-order chi connectivity index (χ0) is 26.0. The number of nitrogens with two attached hydrogens (primary N) is 2. The SMILES string of the molecule is CC(C)[C@H](N)C(=O)N[C@@H](CC(N)=O)C(=O)N[C@H](C(=O)N[C@@H](Cc1ccccc1)C(=O)O)[C@@H](C)O. The molecule has 34 heavy (non-hydrogen) atoms. The normalized spacial score (nSPS) is 15.4. The zero-order valence-electron chi connectivity index (χ0n) is 19.4. The molecule has 12 nitrogen and oxygen atoms in total. The van der Waals surface area contributed by atoms with Crippen molar-refractivity contribution in [1.82, 2.24) is 16.0 Å². The summed E-state index contributed by atoms with van der Waals surface area (Å²) in [6.45, 7) is 4.60. The summed E-state index contributed by atoms with van der Waals surface area (Å²) in [6.07, 6.45) is -2.05. The number of carboxylic acid groups (broad SMARTS) is 1. The lowest BCUT2D eigenvalue weighted by molar-refractivity contribution is -0.143. The monoisotopic (exact) mass is 479 g/mol. The molecule has 0 saturated carbocycles. The van der Waals surface area contributed by atoms with Gasteiger partial charge in [0, 0.05) is 6.42 Å².